The Kier molecular flexibility index (Phi) is 4.44. The monoisotopic (exact) mass is 199 g/mol. The molecule has 3 heteroatoms. The Bertz CT molecular complexity index is 221. The molecule has 0 spiro atoms. The van der Waals surface area contributed by atoms with Crippen LogP contribution < -0.4 is 0 Å². The molecule has 3 atom stereocenters. The minimum absolute atomic E-state index is 0.372. The minimum Gasteiger partial charge on any atom is -0.259 e. The van der Waals surface area contributed by atoms with E-state index in [9.17, 15) is 4.21 Å². The van der Waals surface area contributed by atoms with Crippen LogP contribution in [0.1, 0.15) is 39.0 Å². The molecule has 1 fully saturated rings. The molecule has 0 heterocycles. The van der Waals surface area contributed by atoms with Gasteiger partial charge < -0.3 is 0 Å². The van der Waals surface area contributed by atoms with Gasteiger partial charge in [-0.3, -0.25) is 4.21 Å². The first-order chi connectivity index (χ1) is 6.24. The fourth-order valence-corrected chi connectivity index (χ4v) is 3.53. The second-order valence-electron chi connectivity index (χ2n) is 3.89. The summed E-state index contributed by atoms with van der Waals surface area (Å²) in [4.78, 5) is 0. The van der Waals surface area contributed by atoms with Gasteiger partial charge in [-0.25, -0.2) is 0 Å². The van der Waals surface area contributed by atoms with Crippen LogP contribution in [0, 0.1) is 17.2 Å². The van der Waals surface area contributed by atoms with Crippen LogP contribution in [-0.4, -0.2) is 15.2 Å². The SMILES string of the molecule is CC1CCCC(S(=O)CCC#N)C1. The van der Waals surface area contributed by atoms with Crippen molar-refractivity contribution in [2.75, 3.05) is 5.75 Å². The quantitative estimate of drug-likeness (QED) is 0.699. The molecule has 13 heavy (non-hydrogen) atoms. The first-order valence-corrected chi connectivity index (χ1v) is 6.36. The van der Waals surface area contributed by atoms with Crippen molar-refractivity contribution < 1.29 is 4.21 Å². The normalized spacial score (nSPS) is 30.8. The van der Waals surface area contributed by atoms with E-state index in [0.717, 1.165) is 18.8 Å². The van der Waals surface area contributed by atoms with E-state index in [1.54, 1.807) is 0 Å². The Morgan fingerprint density at radius 1 is 1.54 bits per heavy atom. The summed E-state index contributed by atoms with van der Waals surface area (Å²) in [6.45, 7) is 2.23. The van der Waals surface area contributed by atoms with E-state index < -0.39 is 10.8 Å². The van der Waals surface area contributed by atoms with Crippen LogP contribution in [0.25, 0.3) is 0 Å². The third kappa shape index (κ3) is 3.48. The standard InChI is InChI=1S/C10H17NOS/c1-9-4-2-5-10(8-9)13(12)7-3-6-11/h9-10H,2-5,7-8H2,1H3. The van der Waals surface area contributed by atoms with Crippen LogP contribution in [0.15, 0.2) is 0 Å². The maximum absolute atomic E-state index is 11.7. The van der Waals surface area contributed by atoms with Crippen LogP contribution in [0.3, 0.4) is 0 Å². The topological polar surface area (TPSA) is 40.9 Å². The highest BCUT2D eigenvalue weighted by atomic mass is 32.2. The molecule has 0 bridgehead atoms. The molecule has 0 radical (unpaired) electrons. The Morgan fingerprint density at radius 2 is 2.31 bits per heavy atom. The van der Waals surface area contributed by atoms with Gasteiger partial charge in [0.15, 0.2) is 0 Å². The van der Waals surface area contributed by atoms with Gasteiger partial charge in [0.1, 0.15) is 0 Å². The zero-order valence-corrected chi connectivity index (χ0v) is 8.98. The molecule has 2 nitrogen and oxygen atoms in total. The van der Waals surface area contributed by atoms with Crippen LogP contribution in [0.4, 0.5) is 0 Å². The Balaban J connectivity index is 2.33. The average molecular weight is 199 g/mol. The lowest BCUT2D eigenvalue weighted by Gasteiger charge is -2.25. The van der Waals surface area contributed by atoms with Gasteiger partial charge in [0, 0.05) is 28.2 Å². The predicted octanol–water partition coefficient (Wildman–Crippen LogP) is 2.23. The average Bonchev–Trinajstić information content (AvgIpc) is 2.14. The second kappa shape index (κ2) is 5.39. The lowest BCUT2D eigenvalue weighted by Crippen LogP contribution is -2.24. The van der Waals surface area contributed by atoms with Crippen molar-refractivity contribution in [2.24, 2.45) is 5.92 Å². The summed E-state index contributed by atoms with van der Waals surface area (Å²) in [5.41, 5.74) is 0. The molecule has 0 aromatic heterocycles. The summed E-state index contributed by atoms with van der Waals surface area (Å²) >= 11 is 0. The molecule has 0 N–H and O–H groups in total. The molecular weight excluding hydrogens is 182 g/mol. The van der Waals surface area contributed by atoms with Crippen LogP contribution in [-0.2, 0) is 10.8 Å². The maximum Gasteiger partial charge on any atom is 0.0631 e. The van der Waals surface area contributed by atoms with Crippen molar-refractivity contribution in [3.63, 3.8) is 0 Å². The summed E-state index contributed by atoms with van der Waals surface area (Å²) in [5.74, 6) is 1.30. The molecule has 1 saturated carbocycles. The van der Waals surface area contributed by atoms with Gasteiger partial charge in [-0.2, -0.15) is 5.26 Å². The van der Waals surface area contributed by atoms with Crippen molar-refractivity contribution in [3.8, 4) is 6.07 Å². The Labute approximate surface area is 82.8 Å². The summed E-state index contributed by atoms with van der Waals surface area (Å²) in [6.07, 6.45) is 5.13. The van der Waals surface area contributed by atoms with Crippen molar-refractivity contribution in [1.82, 2.24) is 0 Å². The zero-order valence-electron chi connectivity index (χ0n) is 8.16. The number of hydrogen-bond acceptors (Lipinski definition) is 2. The van der Waals surface area contributed by atoms with Crippen molar-refractivity contribution in [2.45, 2.75) is 44.3 Å². The molecular formula is C10H17NOS. The summed E-state index contributed by atoms with van der Waals surface area (Å²) in [7, 11) is -0.750. The highest BCUT2D eigenvalue weighted by Gasteiger charge is 2.23. The van der Waals surface area contributed by atoms with Gasteiger partial charge in [-0.05, 0) is 18.8 Å². The molecule has 1 aliphatic carbocycles. The van der Waals surface area contributed by atoms with E-state index in [-0.39, 0.29) is 0 Å². The molecule has 3 unspecified atom stereocenters. The maximum atomic E-state index is 11.7. The van der Waals surface area contributed by atoms with E-state index in [2.05, 4.69) is 13.0 Å². The van der Waals surface area contributed by atoms with Gasteiger partial charge in [0.05, 0.1) is 6.07 Å². The smallest absolute Gasteiger partial charge is 0.0631 e. The molecule has 0 aromatic rings. The van der Waals surface area contributed by atoms with E-state index in [1.807, 2.05) is 0 Å². The molecule has 0 saturated heterocycles. The first kappa shape index (κ1) is 10.7. The Morgan fingerprint density at radius 3 is 2.92 bits per heavy atom. The third-order valence-corrected chi connectivity index (χ3v) is 4.45. The number of nitriles is 1. The molecule has 1 rings (SSSR count). The van der Waals surface area contributed by atoms with Crippen molar-refractivity contribution in [1.29, 1.82) is 5.26 Å². The predicted molar refractivity (Wildman–Crippen MR) is 54.7 cm³/mol. The third-order valence-electron chi connectivity index (χ3n) is 2.68. The highest BCUT2D eigenvalue weighted by Crippen LogP contribution is 2.27. The van der Waals surface area contributed by atoms with Crippen molar-refractivity contribution >= 4 is 10.8 Å². The van der Waals surface area contributed by atoms with E-state index >= 15 is 0 Å². The largest absolute Gasteiger partial charge is 0.259 e. The zero-order chi connectivity index (χ0) is 9.68. The minimum atomic E-state index is -0.750. The number of nitrogens with zero attached hydrogens (tertiary/aromatic N) is 1. The van der Waals surface area contributed by atoms with Crippen LogP contribution in [0.5, 0.6) is 0 Å². The fourth-order valence-electron chi connectivity index (χ4n) is 1.93. The number of rotatable bonds is 3. The lowest BCUT2D eigenvalue weighted by molar-refractivity contribution is 0.389. The summed E-state index contributed by atoms with van der Waals surface area (Å²) in [6, 6.07) is 2.06. The Hall–Kier alpha value is -0.360. The van der Waals surface area contributed by atoms with E-state index in [1.165, 1.54) is 12.8 Å². The lowest BCUT2D eigenvalue weighted by atomic mass is 9.91. The van der Waals surface area contributed by atoms with Gasteiger partial charge in [-0.15, -0.1) is 0 Å². The second-order valence-corrected chi connectivity index (χ2v) is 5.72. The number of hydrogen-bond donors (Lipinski definition) is 0. The molecule has 0 aliphatic heterocycles. The van der Waals surface area contributed by atoms with Gasteiger partial charge in [0.25, 0.3) is 0 Å². The summed E-state index contributed by atoms with van der Waals surface area (Å²) in [5, 5.41) is 8.75. The van der Waals surface area contributed by atoms with Gasteiger partial charge in [-0.1, -0.05) is 19.8 Å². The fraction of sp³-hybridized carbons (Fsp3) is 0.900. The van der Waals surface area contributed by atoms with Crippen molar-refractivity contribution in [3.05, 3.63) is 0 Å². The van der Waals surface area contributed by atoms with E-state index in [0.29, 0.717) is 17.4 Å². The van der Waals surface area contributed by atoms with Gasteiger partial charge in [0.2, 0.25) is 0 Å². The van der Waals surface area contributed by atoms with Gasteiger partial charge >= 0.3 is 0 Å². The molecule has 0 aromatic carbocycles. The van der Waals surface area contributed by atoms with Crippen LogP contribution in [0.2, 0.25) is 0 Å². The molecule has 1 aliphatic rings. The molecule has 0 amide bonds. The van der Waals surface area contributed by atoms with Crippen LogP contribution >= 0.6 is 0 Å². The first-order valence-electron chi connectivity index (χ1n) is 4.98. The molecule has 74 valence electrons. The highest BCUT2D eigenvalue weighted by molar-refractivity contribution is 7.85. The summed E-state index contributed by atoms with van der Waals surface area (Å²) < 4.78 is 11.7. The van der Waals surface area contributed by atoms with E-state index in [4.69, 9.17) is 5.26 Å².